The van der Waals surface area contributed by atoms with Crippen LogP contribution in [0.5, 0.6) is 0 Å². The molecule has 0 rings (SSSR count). The van der Waals surface area contributed by atoms with Gasteiger partial charge in [-0.1, -0.05) is 285 Å². The summed E-state index contributed by atoms with van der Waals surface area (Å²) in [5.41, 5.74) is 0. The molecule has 0 bridgehead atoms. The van der Waals surface area contributed by atoms with Gasteiger partial charge in [0.25, 0.3) is 0 Å². The van der Waals surface area contributed by atoms with Crippen LogP contribution in [0.4, 0.5) is 0 Å². The summed E-state index contributed by atoms with van der Waals surface area (Å²) in [5.74, 6) is 0.828. The van der Waals surface area contributed by atoms with Crippen molar-refractivity contribution < 1.29 is 28.6 Å². The fourth-order valence-electron chi connectivity index (χ4n) is 8.87. The Morgan fingerprint density at radius 3 is 0.766 bits per heavy atom. The highest BCUT2D eigenvalue weighted by Crippen LogP contribution is 2.18. The molecule has 0 unspecified atom stereocenters. The topological polar surface area (TPSA) is 78.9 Å². The van der Waals surface area contributed by atoms with E-state index in [2.05, 4.69) is 34.6 Å². The summed E-state index contributed by atoms with van der Waals surface area (Å²) in [4.78, 5) is 38.1. The van der Waals surface area contributed by atoms with Crippen molar-refractivity contribution >= 4 is 17.9 Å². The van der Waals surface area contributed by atoms with Gasteiger partial charge in [0.05, 0.1) is 0 Å². The van der Waals surface area contributed by atoms with E-state index in [9.17, 15) is 14.4 Å². The predicted molar refractivity (Wildman–Crippen MR) is 275 cm³/mol. The number of carbonyl (C=O) groups is 3. The zero-order chi connectivity index (χ0) is 46.8. The van der Waals surface area contributed by atoms with E-state index < -0.39 is 6.10 Å². The Morgan fingerprint density at radius 1 is 0.297 bits per heavy atom. The van der Waals surface area contributed by atoms with E-state index in [-0.39, 0.29) is 31.1 Å². The van der Waals surface area contributed by atoms with Gasteiger partial charge in [0.2, 0.25) is 0 Å². The summed E-state index contributed by atoms with van der Waals surface area (Å²) >= 11 is 0. The standard InChI is InChI=1S/C58H112O6/c1-6-7-8-9-10-11-12-13-15-20-23-30-35-40-45-50-58(61)64-55(52-63-57(60)49-44-39-34-29-25-24-27-32-37-42-47-54(4)5)51-62-56(59)48-43-38-33-28-22-19-17-14-16-18-21-26-31-36-41-46-53(2)3/h53-55H,6-52H2,1-5H3/t55-/m0/s1. The second-order valence-corrected chi connectivity index (χ2v) is 20.9. The number of ether oxygens (including phenoxy) is 3. The van der Waals surface area contributed by atoms with Crippen molar-refractivity contribution in [3.8, 4) is 0 Å². The highest BCUT2D eigenvalue weighted by Gasteiger charge is 2.19. The molecular weight excluding hydrogens is 793 g/mol. The van der Waals surface area contributed by atoms with E-state index in [0.29, 0.717) is 19.3 Å². The van der Waals surface area contributed by atoms with Gasteiger partial charge in [-0.3, -0.25) is 14.4 Å². The van der Waals surface area contributed by atoms with Crippen LogP contribution >= 0.6 is 0 Å². The lowest BCUT2D eigenvalue weighted by molar-refractivity contribution is -0.167. The van der Waals surface area contributed by atoms with Gasteiger partial charge in [-0.25, -0.2) is 0 Å². The van der Waals surface area contributed by atoms with Crippen LogP contribution in [0.2, 0.25) is 0 Å². The smallest absolute Gasteiger partial charge is 0.306 e. The molecule has 0 aromatic heterocycles. The van der Waals surface area contributed by atoms with Crippen LogP contribution in [-0.2, 0) is 28.6 Å². The Morgan fingerprint density at radius 2 is 0.516 bits per heavy atom. The second-order valence-electron chi connectivity index (χ2n) is 20.9. The first-order chi connectivity index (χ1) is 31.2. The lowest BCUT2D eigenvalue weighted by atomic mass is 10.0. The van der Waals surface area contributed by atoms with Crippen LogP contribution in [0.3, 0.4) is 0 Å². The van der Waals surface area contributed by atoms with Crippen molar-refractivity contribution in [3.63, 3.8) is 0 Å². The molecule has 0 aliphatic heterocycles. The van der Waals surface area contributed by atoms with Gasteiger partial charge in [-0.2, -0.15) is 0 Å². The van der Waals surface area contributed by atoms with Crippen molar-refractivity contribution in [2.75, 3.05) is 13.2 Å². The van der Waals surface area contributed by atoms with Crippen LogP contribution in [-0.4, -0.2) is 37.2 Å². The minimum atomic E-state index is -0.762. The molecule has 6 nitrogen and oxygen atoms in total. The first-order valence-electron chi connectivity index (χ1n) is 28.7. The summed E-state index contributed by atoms with van der Waals surface area (Å²) in [6.07, 6.45) is 53.8. The highest BCUT2D eigenvalue weighted by atomic mass is 16.6. The average molecular weight is 906 g/mol. The summed E-state index contributed by atoms with van der Waals surface area (Å²) in [5, 5.41) is 0. The van der Waals surface area contributed by atoms with Gasteiger partial charge in [-0.15, -0.1) is 0 Å². The molecule has 0 saturated heterocycles. The molecule has 1 atom stereocenters. The fraction of sp³-hybridized carbons (Fsp3) is 0.948. The molecule has 0 heterocycles. The number of carbonyl (C=O) groups excluding carboxylic acids is 3. The Bertz CT molecular complexity index is 978. The molecular formula is C58H112O6. The molecule has 0 aliphatic carbocycles. The number of hydrogen-bond acceptors (Lipinski definition) is 6. The van der Waals surface area contributed by atoms with Crippen molar-refractivity contribution in [1.29, 1.82) is 0 Å². The number of hydrogen-bond donors (Lipinski definition) is 0. The minimum absolute atomic E-state index is 0.0628. The first-order valence-corrected chi connectivity index (χ1v) is 28.7. The monoisotopic (exact) mass is 905 g/mol. The van der Waals surface area contributed by atoms with Crippen molar-refractivity contribution in [2.24, 2.45) is 11.8 Å². The molecule has 0 radical (unpaired) electrons. The molecule has 0 aromatic rings. The highest BCUT2D eigenvalue weighted by molar-refractivity contribution is 5.71. The third kappa shape index (κ3) is 51.4. The van der Waals surface area contributed by atoms with E-state index in [1.807, 2.05) is 0 Å². The predicted octanol–water partition coefficient (Wildman–Crippen LogP) is 18.9. The largest absolute Gasteiger partial charge is 0.462 e. The minimum Gasteiger partial charge on any atom is -0.462 e. The van der Waals surface area contributed by atoms with E-state index in [4.69, 9.17) is 14.2 Å². The maximum absolute atomic E-state index is 12.8. The van der Waals surface area contributed by atoms with Gasteiger partial charge in [0.15, 0.2) is 6.10 Å². The number of rotatable bonds is 52. The molecule has 64 heavy (non-hydrogen) atoms. The molecule has 380 valence electrons. The normalized spacial score (nSPS) is 12.0. The summed E-state index contributed by atoms with van der Waals surface area (Å²) < 4.78 is 16.9. The van der Waals surface area contributed by atoms with E-state index >= 15 is 0 Å². The number of esters is 3. The SMILES string of the molecule is CCCCCCCCCCCCCCCCCC(=O)O[C@@H](COC(=O)CCCCCCCCCCCCCCCCCC(C)C)COC(=O)CCCCCCCCCCCCC(C)C. The maximum atomic E-state index is 12.8. The molecule has 0 amide bonds. The molecule has 0 aromatic carbocycles. The summed E-state index contributed by atoms with van der Waals surface area (Å²) in [7, 11) is 0. The van der Waals surface area contributed by atoms with Gasteiger partial charge in [0, 0.05) is 19.3 Å². The Labute approximate surface area is 399 Å². The summed E-state index contributed by atoms with van der Waals surface area (Å²) in [6, 6.07) is 0. The van der Waals surface area contributed by atoms with Gasteiger partial charge in [-0.05, 0) is 31.1 Å². The quantitative estimate of drug-likeness (QED) is 0.0344. The first kappa shape index (κ1) is 62.4. The third-order valence-corrected chi connectivity index (χ3v) is 13.2. The van der Waals surface area contributed by atoms with Crippen LogP contribution in [0, 0.1) is 11.8 Å². The Balaban J connectivity index is 4.28. The lowest BCUT2D eigenvalue weighted by Crippen LogP contribution is -2.30. The van der Waals surface area contributed by atoms with Crippen LogP contribution in [0.15, 0.2) is 0 Å². The van der Waals surface area contributed by atoms with Crippen molar-refractivity contribution in [3.05, 3.63) is 0 Å². The Hall–Kier alpha value is -1.59. The Kier molecular flexibility index (Phi) is 49.6. The summed E-state index contributed by atoms with van der Waals surface area (Å²) in [6.45, 7) is 11.4. The molecule has 6 heteroatoms. The molecule has 0 saturated carbocycles. The zero-order valence-electron chi connectivity index (χ0n) is 43.9. The fourth-order valence-corrected chi connectivity index (χ4v) is 8.87. The van der Waals surface area contributed by atoms with Crippen LogP contribution in [0.25, 0.3) is 0 Å². The van der Waals surface area contributed by atoms with E-state index in [1.54, 1.807) is 0 Å². The molecule has 0 aliphatic rings. The van der Waals surface area contributed by atoms with E-state index in [1.165, 1.54) is 212 Å². The van der Waals surface area contributed by atoms with E-state index in [0.717, 1.165) is 69.6 Å². The maximum Gasteiger partial charge on any atom is 0.306 e. The second kappa shape index (κ2) is 50.8. The van der Waals surface area contributed by atoms with Gasteiger partial charge in [0.1, 0.15) is 13.2 Å². The molecule has 0 N–H and O–H groups in total. The number of unbranched alkanes of at least 4 members (excludes halogenated alkanes) is 37. The van der Waals surface area contributed by atoms with Crippen molar-refractivity contribution in [2.45, 2.75) is 330 Å². The molecule has 0 fully saturated rings. The van der Waals surface area contributed by atoms with Crippen molar-refractivity contribution in [1.82, 2.24) is 0 Å². The lowest BCUT2D eigenvalue weighted by Gasteiger charge is -2.18. The van der Waals surface area contributed by atoms with Gasteiger partial charge < -0.3 is 14.2 Å². The molecule has 0 spiro atoms. The van der Waals surface area contributed by atoms with Crippen LogP contribution in [0.1, 0.15) is 324 Å². The van der Waals surface area contributed by atoms with Crippen LogP contribution < -0.4 is 0 Å². The van der Waals surface area contributed by atoms with Gasteiger partial charge >= 0.3 is 17.9 Å². The average Bonchev–Trinajstić information content (AvgIpc) is 3.27. The third-order valence-electron chi connectivity index (χ3n) is 13.2. The zero-order valence-corrected chi connectivity index (χ0v) is 43.9.